The summed E-state index contributed by atoms with van der Waals surface area (Å²) >= 11 is 6.25. The van der Waals surface area contributed by atoms with Gasteiger partial charge in [0.25, 0.3) is 11.7 Å². The molecule has 0 saturated carbocycles. The van der Waals surface area contributed by atoms with Crippen LogP contribution in [-0.4, -0.2) is 57.1 Å². The van der Waals surface area contributed by atoms with Gasteiger partial charge in [-0.3, -0.25) is 9.59 Å². The molecule has 3 aromatic carbocycles. The van der Waals surface area contributed by atoms with E-state index in [0.717, 1.165) is 11.3 Å². The molecule has 0 aromatic heterocycles. The molecule has 1 fully saturated rings. The van der Waals surface area contributed by atoms with Crippen molar-refractivity contribution in [3.63, 3.8) is 0 Å². The van der Waals surface area contributed by atoms with E-state index in [2.05, 4.69) is 0 Å². The van der Waals surface area contributed by atoms with Gasteiger partial charge in [-0.15, -0.1) is 0 Å². The van der Waals surface area contributed by atoms with Gasteiger partial charge in [-0.2, -0.15) is 0 Å². The van der Waals surface area contributed by atoms with Crippen LogP contribution in [0, 0.1) is 0 Å². The van der Waals surface area contributed by atoms with Crippen LogP contribution in [-0.2, 0) is 16.1 Å². The Morgan fingerprint density at radius 1 is 0.921 bits per heavy atom. The van der Waals surface area contributed by atoms with Crippen LogP contribution in [0.25, 0.3) is 5.76 Å². The molecule has 0 spiro atoms. The zero-order valence-corrected chi connectivity index (χ0v) is 22.6. The molecular formula is C29H29ClN2O6. The summed E-state index contributed by atoms with van der Waals surface area (Å²) < 4.78 is 16.0. The van der Waals surface area contributed by atoms with Crippen LogP contribution in [0.5, 0.6) is 17.2 Å². The number of carbonyl (C=O) groups excluding carboxylic acids is 2. The number of halogens is 1. The van der Waals surface area contributed by atoms with E-state index < -0.39 is 17.7 Å². The Morgan fingerprint density at radius 2 is 1.55 bits per heavy atom. The number of amides is 1. The number of rotatable bonds is 8. The molecular weight excluding hydrogens is 508 g/mol. The fraction of sp³-hybridized carbons (Fsp3) is 0.241. The molecule has 9 heteroatoms. The van der Waals surface area contributed by atoms with Crippen molar-refractivity contribution in [1.82, 2.24) is 4.90 Å². The number of methoxy groups -OCH3 is 3. The highest BCUT2D eigenvalue weighted by Crippen LogP contribution is 2.43. The second-order valence-electron chi connectivity index (χ2n) is 8.95. The number of hydrogen-bond donors (Lipinski definition) is 1. The van der Waals surface area contributed by atoms with Crippen molar-refractivity contribution in [2.45, 2.75) is 12.6 Å². The van der Waals surface area contributed by atoms with Crippen LogP contribution in [0.2, 0.25) is 5.02 Å². The van der Waals surface area contributed by atoms with Gasteiger partial charge in [0, 0.05) is 32.4 Å². The van der Waals surface area contributed by atoms with Crippen molar-refractivity contribution in [2.75, 3.05) is 40.3 Å². The van der Waals surface area contributed by atoms with E-state index in [4.69, 9.17) is 25.8 Å². The molecule has 1 N–H and O–H groups in total. The maximum absolute atomic E-state index is 13.5. The summed E-state index contributed by atoms with van der Waals surface area (Å²) in [6.07, 6.45) is 0. The lowest BCUT2D eigenvalue weighted by Crippen LogP contribution is -2.29. The van der Waals surface area contributed by atoms with Gasteiger partial charge in [-0.25, -0.2) is 0 Å². The molecule has 38 heavy (non-hydrogen) atoms. The van der Waals surface area contributed by atoms with Gasteiger partial charge in [0.05, 0.1) is 43.5 Å². The molecule has 1 aliphatic rings. The van der Waals surface area contributed by atoms with E-state index in [9.17, 15) is 14.7 Å². The number of aliphatic hydroxyl groups excluding tert-OH is 1. The van der Waals surface area contributed by atoms with E-state index in [0.29, 0.717) is 11.3 Å². The van der Waals surface area contributed by atoms with Gasteiger partial charge >= 0.3 is 0 Å². The van der Waals surface area contributed by atoms with Crippen molar-refractivity contribution in [3.05, 3.63) is 87.9 Å². The first-order chi connectivity index (χ1) is 18.2. The topological polar surface area (TPSA) is 88.5 Å². The summed E-state index contributed by atoms with van der Waals surface area (Å²) in [7, 11) is 8.28. The first kappa shape index (κ1) is 26.9. The van der Waals surface area contributed by atoms with Crippen LogP contribution in [0.4, 0.5) is 5.69 Å². The highest BCUT2D eigenvalue weighted by molar-refractivity contribution is 6.46. The largest absolute Gasteiger partial charge is 0.507 e. The standard InChI is InChI=1S/C29H29ClN2O6/c1-31(2)19-10-8-18(9-11-19)26-25(27(33)21-14-24(38-5)22(30)15-23(21)37-4)28(34)29(35)32(26)16-17-6-12-20(36-3)13-7-17/h6-15,26,33H,16H2,1-5H3/b27-25+. The summed E-state index contributed by atoms with van der Waals surface area (Å²) in [5, 5.41) is 11.8. The summed E-state index contributed by atoms with van der Waals surface area (Å²) in [5.74, 6) is -0.702. The smallest absolute Gasteiger partial charge is 0.295 e. The van der Waals surface area contributed by atoms with Crippen LogP contribution >= 0.6 is 11.6 Å². The van der Waals surface area contributed by atoms with Crippen molar-refractivity contribution in [3.8, 4) is 17.2 Å². The summed E-state index contributed by atoms with van der Waals surface area (Å²) in [4.78, 5) is 30.3. The molecule has 8 nitrogen and oxygen atoms in total. The SMILES string of the molecule is COc1ccc(CN2C(=O)C(=O)/C(=C(/O)c3cc(OC)c(Cl)cc3OC)C2c2ccc(N(C)C)cc2)cc1. The Labute approximate surface area is 226 Å². The van der Waals surface area contributed by atoms with E-state index in [-0.39, 0.29) is 40.0 Å². The minimum Gasteiger partial charge on any atom is -0.507 e. The van der Waals surface area contributed by atoms with E-state index in [1.807, 2.05) is 55.4 Å². The Bertz CT molecular complexity index is 1380. The zero-order valence-electron chi connectivity index (χ0n) is 21.8. The molecule has 1 heterocycles. The fourth-order valence-corrected chi connectivity index (χ4v) is 4.69. The molecule has 0 radical (unpaired) electrons. The van der Waals surface area contributed by atoms with Crippen LogP contribution < -0.4 is 19.1 Å². The van der Waals surface area contributed by atoms with Crippen LogP contribution in [0.15, 0.2) is 66.2 Å². The van der Waals surface area contributed by atoms with Gasteiger partial charge < -0.3 is 29.1 Å². The zero-order chi connectivity index (χ0) is 27.6. The maximum atomic E-state index is 13.5. The molecule has 1 amide bonds. The van der Waals surface area contributed by atoms with Crippen molar-refractivity contribution in [2.24, 2.45) is 0 Å². The van der Waals surface area contributed by atoms with Crippen molar-refractivity contribution >= 4 is 34.7 Å². The highest BCUT2D eigenvalue weighted by Gasteiger charge is 2.46. The molecule has 198 valence electrons. The third-order valence-corrected chi connectivity index (χ3v) is 6.80. The number of Topliss-reactive ketones (excluding diaryl/α,β-unsaturated/α-hetero) is 1. The van der Waals surface area contributed by atoms with E-state index >= 15 is 0 Å². The summed E-state index contributed by atoms with van der Waals surface area (Å²) in [6.45, 7) is 0.145. The number of carbonyl (C=O) groups is 2. The average Bonchev–Trinajstić information content (AvgIpc) is 3.17. The number of ether oxygens (including phenoxy) is 3. The Balaban J connectivity index is 1.89. The molecule has 4 rings (SSSR count). The van der Waals surface area contributed by atoms with E-state index in [1.165, 1.54) is 31.3 Å². The number of benzene rings is 3. The maximum Gasteiger partial charge on any atom is 0.295 e. The third kappa shape index (κ3) is 4.99. The number of ketones is 1. The first-order valence-corrected chi connectivity index (χ1v) is 12.2. The number of likely N-dealkylation sites (tertiary alicyclic amines) is 1. The number of hydrogen-bond acceptors (Lipinski definition) is 7. The third-order valence-electron chi connectivity index (χ3n) is 6.51. The number of anilines is 1. The normalized spacial score (nSPS) is 16.5. The monoisotopic (exact) mass is 536 g/mol. The predicted molar refractivity (Wildman–Crippen MR) is 146 cm³/mol. The van der Waals surface area contributed by atoms with Crippen LogP contribution in [0.3, 0.4) is 0 Å². The minimum absolute atomic E-state index is 0.0520. The van der Waals surface area contributed by atoms with Gasteiger partial charge in [0.2, 0.25) is 0 Å². The lowest BCUT2D eigenvalue weighted by Gasteiger charge is -2.26. The quantitative estimate of drug-likeness (QED) is 0.245. The average molecular weight is 537 g/mol. The lowest BCUT2D eigenvalue weighted by molar-refractivity contribution is -0.140. The second kappa shape index (κ2) is 11.1. The van der Waals surface area contributed by atoms with Gasteiger partial charge in [0.15, 0.2) is 0 Å². The Kier molecular flexibility index (Phi) is 7.83. The molecule has 1 atom stereocenters. The minimum atomic E-state index is -0.848. The molecule has 1 saturated heterocycles. The van der Waals surface area contributed by atoms with Crippen molar-refractivity contribution in [1.29, 1.82) is 0 Å². The fourth-order valence-electron chi connectivity index (χ4n) is 4.46. The number of aliphatic hydroxyl groups is 1. The molecule has 1 unspecified atom stereocenters. The predicted octanol–water partition coefficient (Wildman–Crippen LogP) is 5.05. The number of nitrogens with zero attached hydrogens (tertiary/aromatic N) is 2. The van der Waals surface area contributed by atoms with Crippen molar-refractivity contribution < 1.29 is 28.9 Å². The lowest BCUT2D eigenvalue weighted by atomic mass is 9.94. The molecule has 1 aliphatic heterocycles. The molecule has 0 bridgehead atoms. The highest BCUT2D eigenvalue weighted by atomic mass is 35.5. The molecule has 0 aliphatic carbocycles. The van der Waals surface area contributed by atoms with Crippen LogP contribution in [0.1, 0.15) is 22.7 Å². The summed E-state index contributed by atoms with van der Waals surface area (Å²) in [6, 6.07) is 16.9. The van der Waals surface area contributed by atoms with E-state index in [1.54, 1.807) is 19.2 Å². The second-order valence-corrected chi connectivity index (χ2v) is 9.36. The summed E-state index contributed by atoms with van der Waals surface area (Å²) in [5.41, 5.74) is 2.55. The Morgan fingerprint density at radius 3 is 2.11 bits per heavy atom. The van der Waals surface area contributed by atoms with Gasteiger partial charge in [0.1, 0.15) is 23.0 Å². The van der Waals surface area contributed by atoms with Gasteiger partial charge in [-0.05, 0) is 41.5 Å². The first-order valence-electron chi connectivity index (χ1n) is 11.8. The molecule has 3 aromatic rings. The van der Waals surface area contributed by atoms with Gasteiger partial charge in [-0.1, -0.05) is 35.9 Å². The Hall–Kier alpha value is -4.17.